The predicted octanol–water partition coefficient (Wildman–Crippen LogP) is 0.247. The number of rotatable bonds is 4. The van der Waals surface area contributed by atoms with E-state index in [2.05, 4.69) is 12.2 Å². The van der Waals surface area contributed by atoms with Crippen molar-refractivity contribution in [2.24, 2.45) is 17.6 Å². The van der Waals surface area contributed by atoms with Crippen molar-refractivity contribution in [1.82, 2.24) is 5.32 Å². The molecule has 4 unspecified atom stereocenters. The van der Waals surface area contributed by atoms with Crippen LogP contribution in [0.15, 0.2) is 0 Å². The van der Waals surface area contributed by atoms with Gasteiger partial charge in [-0.25, -0.2) is 0 Å². The van der Waals surface area contributed by atoms with E-state index in [0.29, 0.717) is 12.5 Å². The van der Waals surface area contributed by atoms with E-state index >= 15 is 0 Å². The lowest BCUT2D eigenvalue weighted by Gasteiger charge is -2.19. The van der Waals surface area contributed by atoms with E-state index in [1.54, 1.807) is 6.92 Å². The highest BCUT2D eigenvalue weighted by molar-refractivity contribution is 5.79. The number of amides is 1. The topological polar surface area (TPSA) is 75.3 Å². The number of carbonyl (C=O) groups is 1. The Kier molecular flexibility index (Phi) is 4.54. The molecule has 0 radical (unpaired) electrons. The average Bonchev–Trinajstić information content (AvgIpc) is 2.60. The number of aliphatic hydroxyl groups is 1. The molecule has 1 aliphatic carbocycles. The number of nitrogens with two attached hydrogens (primary N) is 1. The fourth-order valence-electron chi connectivity index (χ4n) is 2.06. The normalized spacial score (nSPS) is 29.9. The number of nitrogens with one attached hydrogen (secondary N) is 1. The lowest BCUT2D eigenvalue weighted by atomic mass is 9.97. The van der Waals surface area contributed by atoms with Crippen LogP contribution in [0.2, 0.25) is 0 Å². The number of hydrogen-bond acceptors (Lipinski definition) is 3. The minimum absolute atomic E-state index is 0.0936. The minimum Gasteiger partial charge on any atom is -0.392 e. The van der Waals surface area contributed by atoms with Gasteiger partial charge in [0, 0.05) is 18.5 Å². The summed E-state index contributed by atoms with van der Waals surface area (Å²) in [4.78, 5) is 11.7. The molecule has 0 aromatic heterocycles. The van der Waals surface area contributed by atoms with Crippen LogP contribution in [0.1, 0.15) is 33.1 Å². The van der Waals surface area contributed by atoms with Crippen molar-refractivity contribution in [1.29, 1.82) is 0 Å². The first kappa shape index (κ1) is 12.5. The molecule has 4 N–H and O–H groups in total. The van der Waals surface area contributed by atoms with Crippen LogP contribution >= 0.6 is 0 Å². The maximum Gasteiger partial charge on any atom is 0.223 e. The summed E-state index contributed by atoms with van der Waals surface area (Å²) >= 11 is 0. The maximum atomic E-state index is 11.7. The molecule has 1 aliphatic rings. The molecular formula is C11H22N2O2. The molecule has 0 heterocycles. The van der Waals surface area contributed by atoms with Crippen molar-refractivity contribution in [3.8, 4) is 0 Å². The lowest BCUT2D eigenvalue weighted by Crippen LogP contribution is -2.45. The molecule has 4 heteroatoms. The largest absolute Gasteiger partial charge is 0.392 e. The highest BCUT2D eigenvalue weighted by Gasteiger charge is 2.29. The smallest absolute Gasteiger partial charge is 0.223 e. The lowest BCUT2D eigenvalue weighted by molar-refractivity contribution is -0.126. The highest BCUT2D eigenvalue weighted by atomic mass is 16.3. The minimum atomic E-state index is -0.577. The Morgan fingerprint density at radius 2 is 2.27 bits per heavy atom. The second-order valence-electron chi connectivity index (χ2n) is 4.66. The van der Waals surface area contributed by atoms with Crippen LogP contribution in [0.4, 0.5) is 0 Å². The van der Waals surface area contributed by atoms with E-state index in [4.69, 9.17) is 5.73 Å². The van der Waals surface area contributed by atoms with Crippen LogP contribution < -0.4 is 11.1 Å². The SMILES string of the molecule is CC(O)C(N)CNC(=O)C1CCCC1C. The quantitative estimate of drug-likeness (QED) is 0.628. The summed E-state index contributed by atoms with van der Waals surface area (Å²) in [7, 11) is 0. The van der Waals surface area contributed by atoms with Crippen molar-refractivity contribution in [3.05, 3.63) is 0 Å². The Balaban J connectivity index is 2.29. The van der Waals surface area contributed by atoms with Crippen molar-refractivity contribution in [3.63, 3.8) is 0 Å². The molecule has 0 spiro atoms. The van der Waals surface area contributed by atoms with Crippen molar-refractivity contribution in [2.75, 3.05) is 6.54 Å². The highest BCUT2D eigenvalue weighted by Crippen LogP contribution is 2.30. The van der Waals surface area contributed by atoms with Crippen LogP contribution in [-0.2, 0) is 4.79 Å². The van der Waals surface area contributed by atoms with Crippen molar-refractivity contribution >= 4 is 5.91 Å². The van der Waals surface area contributed by atoms with E-state index in [1.807, 2.05) is 0 Å². The molecule has 0 saturated heterocycles. The molecule has 1 fully saturated rings. The summed E-state index contributed by atoms with van der Waals surface area (Å²) < 4.78 is 0. The van der Waals surface area contributed by atoms with Crippen LogP contribution in [0.5, 0.6) is 0 Å². The summed E-state index contributed by atoms with van der Waals surface area (Å²) in [5.41, 5.74) is 5.63. The van der Waals surface area contributed by atoms with Crippen LogP contribution in [-0.4, -0.2) is 29.7 Å². The van der Waals surface area contributed by atoms with Gasteiger partial charge in [0.05, 0.1) is 6.10 Å². The Bertz CT molecular complexity index is 219. The molecule has 0 aliphatic heterocycles. The molecule has 0 bridgehead atoms. The van der Waals surface area contributed by atoms with E-state index in [-0.39, 0.29) is 17.9 Å². The van der Waals surface area contributed by atoms with Crippen LogP contribution in [0.3, 0.4) is 0 Å². The molecule has 4 nitrogen and oxygen atoms in total. The number of carbonyl (C=O) groups excluding carboxylic acids is 1. The second-order valence-corrected chi connectivity index (χ2v) is 4.66. The van der Waals surface area contributed by atoms with Crippen molar-refractivity contribution in [2.45, 2.75) is 45.3 Å². The molecule has 0 aromatic rings. The Morgan fingerprint density at radius 1 is 1.60 bits per heavy atom. The molecular weight excluding hydrogens is 192 g/mol. The summed E-state index contributed by atoms with van der Waals surface area (Å²) in [5.74, 6) is 0.718. The standard InChI is InChI=1S/C11H22N2O2/c1-7-4-3-5-9(7)11(15)13-6-10(12)8(2)14/h7-10,14H,3-6,12H2,1-2H3,(H,13,15). The third-order valence-electron chi connectivity index (χ3n) is 3.33. The summed E-state index contributed by atoms with van der Waals surface area (Å²) in [6.07, 6.45) is 2.69. The van der Waals surface area contributed by atoms with Gasteiger partial charge in [0.15, 0.2) is 0 Å². The van der Waals surface area contributed by atoms with E-state index in [9.17, 15) is 9.90 Å². The van der Waals surface area contributed by atoms with Gasteiger partial charge in [0.1, 0.15) is 0 Å². The first-order valence-electron chi connectivity index (χ1n) is 5.73. The average molecular weight is 214 g/mol. The first-order valence-corrected chi connectivity index (χ1v) is 5.73. The van der Waals surface area contributed by atoms with Gasteiger partial charge in [-0.05, 0) is 25.7 Å². The number of hydrogen-bond donors (Lipinski definition) is 3. The Morgan fingerprint density at radius 3 is 2.73 bits per heavy atom. The fraction of sp³-hybridized carbons (Fsp3) is 0.909. The predicted molar refractivity (Wildman–Crippen MR) is 59.2 cm³/mol. The first-order chi connectivity index (χ1) is 7.02. The van der Waals surface area contributed by atoms with Crippen molar-refractivity contribution < 1.29 is 9.90 Å². The third-order valence-corrected chi connectivity index (χ3v) is 3.33. The number of aliphatic hydroxyl groups excluding tert-OH is 1. The molecule has 0 aromatic carbocycles. The second kappa shape index (κ2) is 5.47. The Labute approximate surface area is 91.2 Å². The zero-order valence-corrected chi connectivity index (χ0v) is 9.57. The van der Waals surface area contributed by atoms with Gasteiger partial charge >= 0.3 is 0 Å². The van der Waals surface area contributed by atoms with Gasteiger partial charge < -0.3 is 16.2 Å². The van der Waals surface area contributed by atoms with Crippen LogP contribution in [0.25, 0.3) is 0 Å². The van der Waals surface area contributed by atoms with Gasteiger partial charge in [0.2, 0.25) is 5.91 Å². The molecule has 1 rings (SSSR count). The van der Waals surface area contributed by atoms with Gasteiger partial charge in [-0.1, -0.05) is 13.3 Å². The Hall–Kier alpha value is -0.610. The zero-order valence-electron chi connectivity index (χ0n) is 9.57. The van der Waals surface area contributed by atoms with Gasteiger partial charge in [-0.3, -0.25) is 4.79 Å². The summed E-state index contributed by atoms with van der Waals surface area (Å²) in [6.45, 7) is 4.11. The maximum absolute atomic E-state index is 11.7. The fourth-order valence-corrected chi connectivity index (χ4v) is 2.06. The zero-order chi connectivity index (χ0) is 11.4. The summed E-state index contributed by atoms with van der Waals surface area (Å²) in [5, 5.41) is 12.0. The van der Waals surface area contributed by atoms with Gasteiger partial charge in [0.25, 0.3) is 0 Å². The molecule has 4 atom stereocenters. The van der Waals surface area contributed by atoms with Gasteiger partial charge in [-0.2, -0.15) is 0 Å². The molecule has 1 amide bonds. The summed E-state index contributed by atoms with van der Waals surface area (Å²) in [6, 6.07) is -0.370. The van der Waals surface area contributed by atoms with Crippen LogP contribution in [0, 0.1) is 11.8 Å². The van der Waals surface area contributed by atoms with E-state index < -0.39 is 6.10 Å². The molecule has 1 saturated carbocycles. The third kappa shape index (κ3) is 3.47. The monoisotopic (exact) mass is 214 g/mol. The van der Waals surface area contributed by atoms with E-state index in [0.717, 1.165) is 19.3 Å². The molecule has 15 heavy (non-hydrogen) atoms. The molecule has 88 valence electrons. The van der Waals surface area contributed by atoms with Gasteiger partial charge in [-0.15, -0.1) is 0 Å². The van der Waals surface area contributed by atoms with E-state index in [1.165, 1.54) is 0 Å².